The molecule has 3 N–H and O–H groups in total. The topological polar surface area (TPSA) is 60.7 Å². The Morgan fingerprint density at radius 2 is 1.84 bits per heavy atom. The lowest BCUT2D eigenvalue weighted by Crippen LogP contribution is -2.45. The van der Waals surface area contributed by atoms with Gasteiger partial charge in [-0.25, -0.2) is 0 Å². The van der Waals surface area contributed by atoms with Crippen LogP contribution in [0.4, 0.5) is 0 Å². The molecule has 0 spiro atoms. The molecule has 3 aliphatic carbocycles. The summed E-state index contributed by atoms with van der Waals surface area (Å²) in [5, 5.41) is 31.3. The van der Waals surface area contributed by atoms with Gasteiger partial charge in [-0.15, -0.1) is 0 Å². The van der Waals surface area contributed by atoms with Crippen molar-refractivity contribution in [2.75, 3.05) is 0 Å². The Hall–Kier alpha value is -0.900. The van der Waals surface area contributed by atoms with Crippen molar-refractivity contribution in [3.8, 4) is 0 Å². The van der Waals surface area contributed by atoms with Gasteiger partial charge in [0.15, 0.2) is 0 Å². The van der Waals surface area contributed by atoms with Crippen LogP contribution >= 0.6 is 0 Å². The molecule has 0 saturated heterocycles. The van der Waals surface area contributed by atoms with Gasteiger partial charge in [0.1, 0.15) is 0 Å². The maximum Gasteiger partial charge on any atom is 0.0862 e. The van der Waals surface area contributed by atoms with Gasteiger partial charge in [-0.2, -0.15) is 0 Å². The predicted molar refractivity (Wildman–Crippen MR) is 133 cm³/mol. The van der Waals surface area contributed by atoms with E-state index in [1.54, 1.807) is 5.57 Å². The van der Waals surface area contributed by atoms with Gasteiger partial charge in [0.2, 0.25) is 0 Å². The van der Waals surface area contributed by atoms with Crippen LogP contribution in [0.1, 0.15) is 99.3 Å². The number of aliphatic hydroxyl groups excluding tert-OH is 2. The highest BCUT2D eigenvalue weighted by molar-refractivity contribution is 5.40. The van der Waals surface area contributed by atoms with Crippen molar-refractivity contribution in [2.45, 2.75) is 117 Å². The van der Waals surface area contributed by atoms with Gasteiger partial charge in [0.05, 0.1) is 17.8 Å². The third-order valence-electron chi connectivity index (χ3n) is 9.39. The highest BCUT2D eigenvalue weighted by Crippen LogP contribution is 2.60. The Bertz CT molecular complexity index is 753. The van der Waals surface area contributed by atoms with Crippen molar-refractivity contribution in [1.29, 1.82) is 0 Å². The molecule has 3 aliphatic rings. The second-order valence-electron chi connectivity index (χ2n) is 12.7. The molecule has 0 aromatic carbocycles. The van der Waals surface area contributed by atoms with E-state index in [1.807, 2.05) is 27.7 Å². The summed E-state index contributed by atoms with van der Waals surface area (Å²) in [4.78, 5) is 0. The minimum atomic E-state index is -0.701. The summed E-state index contributed by atoms with van der Waals surface area (Å²) in [6.45, 7) is 16.8. The molecule has 0 radical (unpaired) electrons. The SMILES string of the molecule is C=C1C(=CC=C2CCC[C@@]3(C)C2CCC3[C@H](C)CCCC(C)(C)O)C[C@@H](O)C(C)(C)[C@@H]1O. The quantitative estimate of drug-likeness (QED) is 0.448. The van der Waals surface area contributed by atoms with Crippen LogP contribution in [-0.2, 0) is 0 Å². The number of fused-ring (bicyclic) bond motifs is 1. The van der Waals surface area contributed by atoms with E-state index in [1.165, 1.54) is 32.1 Å². The van der Waals surface area contributed by atoms with Gasteiger partial charge in [0, 0.05) is 5.41 Å². The van der Waals surface area contributed by atoms with Crippen molar-refractivity contribution in [3.63, 3.8) is 0 Å². The molecule has 0 aliphatic heterocycles. The molecular weight excluding hydrogens is 396 g/mol. The standard InChI is InChI=1S/C29H48O3/c1-19(10-8-16-27(3,4)32)23-14-15-24-21(11-9-17-29(23,24)7)12-13-22-18-25(30)28(5,6)26(31)20(22)2/h12-13,19,23-26,30-32H,2,8-11,14-18H2,1,3-7H3/t19-,23?,24?,25-,26-,29-/m1/s1. The predicted octanol–water partition coefficient (Wildman–Crippen LogP) is 6.34. The highest BCUT2D eigenvalue weighted by atomic mass is 16.3. The molecule has 0 amide bonds. The van der Waals surface area contributed by atoms with Gasteiger partial charge in [-0.05, 0) is 93.1 Å². The Labute approximate surface area is 196 Å². The van der Waals surface area contributed by atoms with Crippen molar-refractivity contribution >= 4 is 0 Å². The van der Waals surface area contributed by atoms with Crippen molar-refractivity contribution < 1.29 is 15.3 Å². The van der Waals surface area contributed by atoms with Gasteiger partial charge < -0.3 is 15.3 Å². The summed E-state index contributed by atoms with van der Waals surface area (Å²) in [5.74, 6) is 2.08. The maximum absolute atomic E-state index is 10.7. The fourth-order valence-corrected chi connectivity index (χ4v) is 7.06. The smallest absolute Gasteiger partial charge is 0.0862 e. The first-order chi connectivity index (χ1) is 14.8. The van der Waals surface area contributed by atoms with Crippen molar-refractivity contribution in [2.24, 2.45) is 28.6 Å². The molecule has 2 unspecified atom stereocenters. The summed E-state index contributed by atoms with van der Waals surface area (Å²) in [7, 11) is 0. The first kappa shape index (κ1) is 25.7. The first-order valence-corrected chi connectivity index (χ1v) is 12.9. The van der Waals surface area contributed by atoms with E-state index in [9.17, 15) is 15.3 Å². The van der Waals surface area contributed by atoms with E-state index >= 15 is 0 Å². The zero-order valence-electron chi connectivity index (χ0n) is 21.5. The minimum Gasteiger partial charge on any atom is -0.392 e. The summed E-state index contributed by atoms with van der Waals surface area (Å²) in [6, 6.07) is 0. The average molecular weight is 445 g/mol. The van der Waals surface area contributed by atoms with E-state index in [2.05, 4.69) is 32.6 Å². The molecule has 0 aromatic rings. The van der Waals surface area contributed by atoms with Gasteiger partial charge in [-0.3, -0.25) is 0 Å². The molecule has 182 valence electrons. The van der Waals surface area contributed by atoms with E-state index in [-0.39, 0.29) is 0 Å². The second kappa shape index (κ2) is 9.39. The average Bonchev–Trinajstić information content (AvgIpc) is 3.05. The Kier molecular flexibility index (Phi) is 7.55. The molecule has 6 atom stereocenters. The number of hydrogen-bond acceptors (Lipinski definition) is 3. The fourth-order valence-electron chi connectivity index (χ4n) is 7.06. The van der Waals surface area contributed by atoms with Crippen LogP contribution in [-0.4, -0.2) is 33.1 Å². The van der Waals surface area contributed by atoms with Gasteiger partial charge >= 0.3 is 0 Å². The third-order valence-corrected chi connectivity index (χ3v) is 9.39. The summed E-state index contributed by atoms with van der Waals surface area (Å²) in [6.07, 6.45) is 13.2. The number of aliphatic hydroxyl groups is 3. The minimum absolute atomic E-state index is 0.362. The van der Waals surface area contributed by atoms with E-state index in [0.717, 1.165) is 36.3 Å². The normalized spacial score (nSPS) is 38.8. The summed E-state index contributed by atoms with van der Waals surface area (Å²) in [5.41, 5.74) is 2.57. The lowest BCUT2D eigenvalue weighted by atomic mass is 9.60. The van der Waals surface area contributed by atoms with Crippen LogP contribution in [0.5, 0.6) is 0 Å². The molecule has 0 heterocycles. The zero-order valence-corrected chi connectivity index (χ0v) is 21.5. The molecule has 0 bridgehead atoms. The molecule has 3 nitrogen and oxygen atoms in total. The fraction of sp³-hybridized carbons (Fsp3) is 0.793. The van der Waals surface area contributed by atoms with Crippen LogP contribution < -0.4 is 0 Å². The van der Waals surface area contributed by atoms with Gasteiger partial charge in [0.25, 0.3) is 0 Å². The highest BCUT2D eigenvalue weighted by Gasteiger charge is 2.50. The van der Waals surface area contributed by atoms with Crippen LogP contribution in [0.2, 0.25) is 0 Å². The molecule has 32 heavy (non-hydrogen) atoms. The summed E-state index contributed by atoms with van der Waals surface area (Å²) >= 11 is 0. The molecule has 0 aromatic heterocycles. The zero-order chi connectivity index (χ0) is 23.9. The van der Waals surface area contributed by atoms with E-state index < -0.39 is 23.2 Å². The first-order valence-electron chi connectivity index (χ1n) is 12.9. The molecule has 3 saturated carbocycles. The van der Waals surface area contributed by atoms with Crippen molar-refractivity contribution in [1.82, 2.24) is 0 Å². The van der Waals surface area contributed by atoms with Crippen LogP contribution in [0.15, 0.2) is 35.5 Å². The summed E-state index contributed by atoms with van der Waals surface area (Å²) < 4.78 is 0. The third kappa shape index (κ3) is 5.10. The Balaban J connectivity index is 1.72. The number of allylic oxidation sites excluding steroid dienone is 3. The van der Waals surface area contributed by atoms with Crippen LogP contribution in [0.25, 0.3) is 0 Å². The lowest BCUT2D eigenvalue weighted by molar-refractivity contribution is -0.0404. The van der Waals surface area contributed by atoms with Crippen molar-refractivity contribution in [3.05, 3.63) is 35.5 Å². The van der Waals surface area contributed by atoms with E-state index in [4.69, 9.17) is 0 Å². The van der Waals surface area contributed by atoms with Crippen LogP contribution in [0.3, 0.4) is 0 Å². The van der Waals surface area contributed by atoms with Gasteiger partial charge in [-0.1, -0.05) is 64.8 Å². The molecule has 3 fully saturated rings. The maximum atomic E-state index is 10.7. The molecule has 3 heteroatoms. The van der Waals surface area contributed by atoms with Crippen LogP contribution in [0, 0.1) is 28.6 Å². The Morgan fingerprint density at radius 1 is 1.16 bits per heavy atom. The molecule has 3 rings (SSSR count). The monoisotopic (exact) mass is 444 g/mol. The molecular formula is C29H48O3. The second-order valence-corrected chi connectivity index (χ2v) is 12.7. The van der Waals surface area contributed by atoms with E-state index in [0.29, 0.717) is 23.7 Å². The number of hydrogen-bond donors (Lipinski definition) is 3. The Morgan fingerprint density at radius 3 is 2.50 bits per heavy atom. The largest absolute Gasteiger partial charge is 0.392 e. The number of rotatable bonds is 6. The lowest BCUT2D eigenvalue weighted by Gasteiger charge is -2.44.